The van der Waals surface area contributed by atoms with E-state index >= 15 is 0 Å². The van der Waals surface area contributed by atoms with Crippen molar-refractivity contribution in [3.05, 3.63) is 30.1 Å². The summed E-state index contributed by atoms with van der Waals surface area (Å²) < 4.78 is 17.9. The van der Waals surface area contributed by atoms with Crippen LogP contribution < -0.4 is 10.2 Å². The highest BCUT2D eigenvalue weighted by molar-refractivity contribution is 6.00. The van der Waals surface area contributed by atoms with Crippen molar-refractivity contribution in [1.82, 2.24) is 5.32 Å². The highest BCUT2D eigenvalue weighted by Gasteiger charge is 2.35. The Bertz CT molecular complexity index is 518. The third-order valence-corrected chi connectivity index (χ3v) is 3.44. The zero-order valence-electron chi connectivity index (χ0n) is 12.1. The molecule has 2 rings (SSSR count). The first kappa shape index (κ1) is 15.4. The Morgan fingerprint density at radius 1 is 1.48 bits per heavy atom. The molecular weight excluding hydrogens is 275 g/mol. The van der Waals surface area contributed by atoms with Gasteiger partial charge in [0.25, 0.3) is 0 Å². The van der Waals surface area contributed by atoms with Gasteiger partial charge in [0, 0.05) is 31.8 Å². The molecule has 1 aliphatic heterocycles. The molecule has 0 spiro atoms. The van der Waals surface area contributed by atoms with E-state index in [1.165, 1.54) is 17.0 Å². The minimum Gasteiger partial charge on any atom is -0.383 e. The van der Waals surface area contributed by atoms with Crippen molar-refractivity contribution in [2.75, 3.05) is 25.2 Å². The fourth-order valence-corrected chi connectivity index (χ4v) is 2.41. The molecule has 0 saturated carbocycles. The lowest BCUT2D eigenvalue weighted by Gasteiger charge is -2.18. The first-order chi connectivity index (χ1) is 10.0. The van der Waals surface area contributed by atoms with Gasteiger partial charge in [0.1, 0.15) is 5.82 Å². The molecule has 0 unspecified atom stereocenters. The number of benzene rings is 1. The molecule has 1 aromatic carbocycles. The number of amides is 2. The van der Waals surface area contributed by atoms with Crippen LogP contribution in [0.4, 0.5) is 10.1 Å². The third-order valence-electron chi connectivity index (χ3n) is 3.44. The van der Waals surface area contributed by atoms with Crippen LogP contribution in [0.25, 0.3) is 0 Å². The van der Waals surface area contributed by atoms with Crippen LogP contribution in [0.1, 0.15) is 13.3 Å². The van der Waals surface area contributed by atoms with Crippen LogP contribution in [-0.2, 0) is 14.3 Å². The summed E-state index contributed by atoms with van der Waals surface area (Å²) >= 11 is 0. The van der Waals surface area contributed by atoms with E-state index < -0.39 is 0 Å². The van der Waals surface area contributed by atoms with E-state index in [4.69, 9.17) is 4.74 Å². The average Bonchev–Trinajstić information content (AvgIpc) is 2.82. The number of carbonyl (C=O) groups excluding carboxylic acids is 2. The van der Waals surface area contributed by atoms with E-state index in [-0.39, 0.29) is 36.0 Å². The SMILES string of the molecule is COC[C@@H](C)NC(=O)[C@@H]1CC(=O)N(c2ccc(F)cc2)C1. The van der Waals surface area contributed by atoms with Crippen LogP contribution in [0, 0.1) is 11.7 Å². The molecule has 2 amide bonds. The molecule has 1 saturated heterocycles. The normalized spacial score (nSPS) is 19.7. The van der Waals surface area contributed by atoms with Crippen LogP contribution in [-0.4, -0.2) is 38.1 Å². The zero-order valence-corrected chi connectivity index (χ0v) is 12.1. The van der Waals surface area contributed by atoms with Crippen molar-refractivity contribution >= 4 is 17.5 Å². The number of anilines is 1. The van der Waals surface area contributed by atoms with Crippen molar-refractivity contribution in [2.45, 2.75) is 19.4 Å². The molecule has 1 N–H and O–H groups in total. The fourth-order valence-electron chi connectivity index (χ4n) is 2.41. The molecule has 0 aromatic heterocycles. The summed E-state index contributed by atoms with van der Waals surface area (Å²) in [5, 5.41) is 2.82. The maximum Gasteiger partial charge on any atom is 0.227 e. The number of methoxy groups -OCH3 is 1. The first-order valence-electron chi connectivity index (χ1n) is 6.86. The predicted octanol–water partition coefficient (Wildman–Crippen LogP) is 1.33. The van der Waals surface area contributed by atoms with Gasteiger partial charge in [-0.2, -0.15) is 0 Å². The van der Waals surface area contributed by atoms with E-state index in [1.54, 1.807) is 19.2 Å². The van der Waals surface area contributed by atoms with E-state index in [1.807, 2.05) is 6.92 Å². The van der Waals surface area contributed by atoms with Gasteiger partial charge >= 0.3 is 0 Å². The van der Waals surface area contributed by atoms with Crippen LogP contribution in [0.3, 0.4) is 0 Å². The Balaban J connectivity index is 1.99. The number of nitrogens with zero attached hydrogens (tertiary/aromatic N) is 1. The van der Waals surface area contributed by atoms with Crippen molar-refractivity contribution in [3.8, 4) is 0 Å². The molecule has 114 valence electrons. The summed E-state index contributed by atoms with van der Waals surface area (Å²) in [4.78, 5) is 25.6. The summed E-state index contributed by atoms with van der Waals surface area (Å²) in [6.07, 6.45) is 0.170. The molecule has 0 aliphatic carbocycles. The fraction of sp³-hybridized carbons (Fsp3) is 0.467. The molecule has 21 heavy (non-hydrogen) atoms. The number of rotatable bonds is 5. The topological polar surface area (TPSA) is 58.6 Å². The number of hydrogen-bond donors (Lipinski definition) is 1. The monoisotopic (exact) mass is 294 g/mol. The van der Waals surface area contributed by atoms with Crippen molar-refractivity contribution in [2.24, 2.45) is 5.92 Å². The second-order valence-electron chi connectivity index (χ2n) is 5.25. The molecule has 5 nitrogen and oxygen atoms in total. The second kappa shape index (κ2) is 6.67. The lowest BCUT2D eigenvalue weighted by Crippen LogP contribution is -2.40. The van der Waals surface area contributed by atoms with Crippen LogP contribution in [0.2, 0.25) is 0 Å². The molecule has 1 heterocycles. The molecule has 1 aromatic rings. The highest BCUT2D eigenvalue weighted by Crippen LogP contribution is 2.25. The van der Waals surface area contributed by atoms with Crippen molar-refractivity contribution in [3.63, 3.8) is 0 Å². The molecule has 1 fully saturated rings. The van der Waals surface area contributed by atoms with Gasteiger partial charge in [-0.15, -0.1) is 0 Å². The first-order valence-corrected chi connectivity index (χ1v) is 6.86. The predicted molar refractivity (Wildman–Crippen MR) is 76.3 cm³/mol. The molecule has 2 atom stereocenters. The van der Waals surface area contributed by atoms with Crippen molar-refractivity contribution < 1.29 is 18.7 Å². The molecular formula is C15H19FN2O3. The van der Waals surface area contributed by atoms with Gasteiger partial charge in [-0.3, -0.25) is 9.59 Å². The average molecular weight is 294 g/mol. The van der Waals surface area contributed by atoms with Gasteiger partial charge in [-0.25, -0.2) is 4.39 Å². The quantitative estimate of drug-likeness (QED) is 0.891. The number of carbonyl (C=O) groups is 2. The van der Waals surface area contributed by atoms with Gasteiger partial charge < -0.3 is 15.0 Å². The number of hydrogen-bond acceptors (Lipinski definition) is 3. The molecule has 1 aliphatic rings. The summed E-state index contributed by atoms with van der Waals surface area (Å²) in [7, 11) is 1.57. The van der Waals surface area contributed by atoms with E-state index in [2.05, 4.69) is 5.32 Å². The minimum atomic E-state index is -0.387. The number of ether oxygens (including phenoxy) is 1. The smallest absolute Gasteiger partial charge is 0.227 e. The van der Waals surface area contributed by atoms with Crippen LogP contribution in [0.5, 0.6) is 0 Å². The Labute approximate surface area is 123 Å². The maximum atomic E-state index is 12.9. The third kappa shape index (κ3) is 3.78. The standard InChI is InChI=1S/C15H19FN2O3/c1-10(9-21-2)17-15(20)11-7-14(19)18(8-11)13-5-3-12(16)4-6-13/h3-6,10-11H,7-9H2,1-2H3,(H,17,20)/t10-,11-/m1/s1. The molecule has 6 heteroatoms. The highest BCUT2D eigenvalue weighted by atomic mass is 19.1. The van der Waals surface area contributed by atoms with E-state index in [0.29, 0.717) is 18.8 Å². The van der Waals surface area contributed by atoms with E-state index in [0.717, 1.165) is 0 Å². The van der Waals surface area contributed by atoms with Gasteiger partial charge in [-0.05, 0) is 31.2 Å². The summed E-state index contributed by atoms with van der Waals surface area (Å²) in [5.41, 5.74) is 0.613. The van der Waals surface area contributed by atoms with Crippen LogP contribution in [0.15, 0.2) is 24.3 Å². The second-order valence-corrected chi connectivity index (χ2v) is 5.25. The molecule has 0 bridgehead atoms. The van der Waals surface area contributed by atoms with Gasteiger partial charge in [0.15, 0.2) is 0 Å². The zero-order chi connectivity index (χ0) is 15.4. The molecule has 0 radical (unpaired) electrons. The van der Waals surface area contributed by atoms with Gasteiger partial charge in [-0.1, -0.05) is 0 Å². The van der Waals surface area contributed by atoms with Gasteiger partial charge in [0.2, 0.25) is 11.8 Å². The summed E-state index contributed by atoms with van der Waals surface area (Å²) in [6.45, 7) is 2.58. The minimum absolute atomic E-state index is 0.0996. The Kier molecular flexibility index (Phi) is 4.90. The Morgan fingerprint density at radius 2 is 2.14 bits per heavy atom. The lowest BCUT2D eigenvalue weighted by atomic mass is 10.1. The Hall–Kier alpha value is -1.95. The van der Waals surface area contributed by atoms with E-state index in [9.17, 15) is 14.0 Å². The number of halogens is 1. The number of nitrogens with one attached hydrogen (secondary N) is 1. The van der Waals surface area contributed by atoms with Crippen molar-refractivity contribution in [1.29, 1.82) is 0 Å². The summed E-state index contributed by atoms with van der Waals surface area (Å²) in [5.74, 6) is -1.02. The van der Waals surface area contributed by atoms with Gasteiger partial charge in [0.05, 0.1) is 12.5 Å². The Morgan fingerprint density at radius 3 is 2.76 bits per heavy atom. The van der Waals surface area contributed by atoms with Crippen LogP contribution >= 0.6 is 0 Å². The summed E-state index contributed by atoms with van der Waals surface area (Å²) in [6, 6.07) is 5.59. The lowest BCUT2D eigenvalue weighted by molar-refractivity contribution is -0.127. The maximum absolute atomic E-state index is 12.9. The largest absolute Gasteiger partial charge is 0.383 e.